The third-order valence-electron chi connectivity index (χ3n) is 4.59. The molecule has 2 aromatic rings. The molecule has 142 valence electrons. The normalized spacial score (nSPS) is 14.3. The average Bonchev–Trinajstić information content (AvgIpc) is 2.73. The molecule has 1 amide bonds. The van der Waals surface area contributed by atoms with Crippen LogP contribution in [0.3, 0.4) is 0 Å². The smallest absolute Gasteiger partial charge is 0.244 e. The van der Waals surface area contributed by atoms with Gasteiger partial charge in [0.25, 0.3) is 0 Å². The van der Waals surface area contributed by atoms with Gasteiger partial charge in [-0.1, -0.05) is 24.3 Å². The van der Waals surface area contributed by atoms with Gasteiger partial charge >= 0.3 is 0 Å². The number of pyridine rings is 1. The molecule has 1 aromatic heterocycles. The second-order valence-corrected chi connectivity index (χ2v) is 6.59. The molecule has 1 fully saturated rings. The lowest BCUT2D eigenvalue weighted by Crippen LogP contribution is -2.30. The Kier molecular flexibility index (Phi) is 6.85. The highest BCUT2D eigenvalue weighted by molar-refractivity contribution is 5.92. The van der Waals surface area contributed by atoms with Crippen molar-refractivity contribution in [1.29, 1.82) is 0 Å². The van der Waals surface area contributed by atoms with E-state index in [9.17, 15) is 4.79 Å². The van der Waals surface area contributed by atoms with Crippen molar-refractivity contribution in [3.8, 4) is 5.75 Å². The van der Waals surface area contributed by atoms with Gasteiger partial charge in [-0.15, -0.1) is 0 Å². The van der Waals surface area contributed by atoms with Crippen LogP contribution in [0.5, 0.6) is 5.75 Å². The highest BCUT2D eigenvalue weighted by Gasteiger charge is 2.11. The molecule has 1 aliphatic heterocycles. The second-order valence-electron chi connectivity index (χ2n) is 6.59. The molecule has 0 spiro atoms. The van der Waals surface area contributed by atoms with Gasteiger partial charge in [-0.05, 0) is 50.0 Å². The first-order chi connectivity index (χ1) is 13.3. The predicted octanol–water partition coefficient (Wildman–Crippen LogP) is 3.80. The van der Waals surface area contributed by atoms with Gasteiger partial charge in [-0.25, -0.2) is 4.98 Å². The summed E-state index contributed by atoms with van der Waals surface area (Å²) in [6.07, 6.45) is 8.93. The number of nitrogens with one attached hydrogen (secondary N) is 1. The van der Waals surface area contributed by atoms with Crippen LogP contribution in [0, 0.1) is 0 Å². The van der Waals surface area contributed by atoms with Crippen LogP contribution < -0.4 is 15.0 Å². The number of piperidine rings is 1. The average molecular weight is 365 g/mol. The summed E-state index contributed by atoms with van der Waals surface area (Å²) in [5.74, 6) is 1.67. The van der Waals surface area contributed by atoms with Crippen LogP contribution in [0.25, 0.3) is 6.08 Å². The van der Waals surface area contributed by atoms with E-state index in [1.807, 2.05) is 49.5 Å². The van der Waals surface area contributed by atoms with Gasteiger partial charge in [0.05, 0.1) is 6.61 Å². The molecule has 1 saturated heterocycles. The number of benzene rings is 1. The first-order valence-corrected chi connectivity index (χ1v) is 9.64. The third-order valence-corrected chi connectivity index (χ3v) is 4.59. The Hall–Kier alpha value is -2.82. The van der Waals surface area contributed by atoms with E-state index in [1.54, 1.807) is 6.08 Å². The fourth-order valence-corrected chi connectivity index (χ4v) is 3.15. The Morgan fingerprint density at radius 1 is 1.19 bits per heavy atom. The molecular weight excluding hydrogens is 338 g/mol. The zero-order valence-electron chi connectivity index (χ0n) is 15.9. The molecule has 3 rings (SSSR count). The molecule has 0 aliphatic carbocycles. The van der Waals surface area contributed by atoms with Crippen LogP contribution in [0.2, 0.25) is 0 Å². The van der Waals surface area contributed by atoms with E-state index in [2.05, 4.69) is 15.2 Å². The Morgan fingerprint density at radius 2 is 2.00 bits per heavy atom. The first-order valence-electron chi connectivity index (χ1n) is 9.64. The minimum Gasteiger partial charge on any atom is -0.493 e. The number of nitrogens with zero attached hydrogens (tertiary/aromatic N) is 2. The zero-order chi connectivity index (χ0) is 18.9. The standard InChI is InChI=1S/C22H27N3O2/c1-2-27-20-9-5-4-8-19(20)11-13-22(26)24-17-18-10-12-21(23-16-18)25-14-6-3-7-15-25/h4-5,8-13,16H,2-3,6-7,14-15,17H2,1H3,(H,24,26). The lowest BCUT2D eigenvalue weighted by molar-refractivity contribution is -0.116. The van der Waals surface area contributed by atoms with E-state index in [1.165, 1.54) is 25.3 Å². The molecular formula is C22H27N3O2. The van der Waals surface area contributed by atoms with Gasteiger partial charge in [0.1, 0.15) is 11.6 Å². The molecule has 0 bridgehead atoms. The number of amides is 1. The molecule has 5 nitrogen and oxygen atoms in total. The lowest BCUT2D eigenvalue weighted by Gasteiger charge is -2.27. The van der Waals surface area contributed by atoms with Crippen LogP contribution in [-0.4, -0.2) is 30.6 Å². The second kappa shape index (κ2) is 9.76. The van der Waals surface area contributed by atoms with Crippen LogP contribution in [-0.2, 0) is 11.3 Å². The Morgan fingerprint density at radius 3 is 2.74 bits per heavy atom. The van der Waals surface area contributed by atoms with Gasteiger partial charge in [-0.2, -0.15) is 0 Å². The van der Waals surface area contributed by atoms with Gasteiger partial charge in [0.2, 0.25) is 5.91 Å². The van der Waals surface area contributed by atoms with Crippen LogP contribution >= 0.6 is 0 Å². The molecule has 2 heterocycles. The number of hydrogen-bond acceptors (Lipinski definition) is 4. The SMILES string of the molecule is CCOc1ccccc1C=CC(=O)NCc1ccc(N2CCCCC2)nc1. The largest absolute Gasteiger partial charge is 0.493 e. The molecule has 5 heteroatoms. The Bertz CT molecular complexity index is 765. The van der Waals surface area contributed by atoms with Crippen molar-refractivity contribution in [3.63, 3.8) is 0 Å². The Labute approximate surface area is 161 Å². The highest BCUT2D eigenvalue weighted by Crippen LogP contribution is 2.19. The number of ether oxygens (including phenoxy) is 1. The summed E-state index contributed by atoms with van der Waals surface area (Å²) in [4.78, 5) is 19.0. The molecule has 1 aromatic carbocycles. The third kappa shape index (κ3) is 5.58. The van der Waals surface area contributed by atoms with Crippen LogP contribution in [0.15, 0.2) is 48.7 Å². The molecule has 0 saturated carbocycles. The van der Waals surface area contributed by atoms with Crippen molar-refractivity contribution in [1.82, 2.24) is 10.3 Å². The highest BCUT2D eigenvalue weighted by atomic mass is 16.5. The van der Waals surface area contributed by atoms with Crippen molar-refractivity contribution in [2.75, 3.05) is 24.6 Å². The number of para-hydroxylation sites is 1. The van der Waals surface area contributed by atoms with Crippen molar-refractivity contribution in [2.45, 2.75) is 32.7 Å². The summed E-state index contributed by atoms with van der Waals surface area (Å²) in [7, 11) is 0. The molecule has 0 unspecified atom stereocenters. The molecule has 0 atom stereocenters. The van der Waals surface area contributed by atoms with Gasteiger partial charge < -0.3 is 15.0 Å². The molecule has 1 N–H and O–H groups in total. The topological polar surface area (TPSA) is 54.5 Å². The fraction of sp³-hybridized carbons (Fsp3) is 0.364. The maximum absolute atomic E-state index is 12.1. The monoisotopic (exact) mass is 365 g/mol. The number of carbonyl (C=O) groups is 1. The molecule has 27 heavy (non-hydrogen) atoms. The van der Waals surface area contributed by atoms with Gasteiger partial charge in [-0.3, -0.25) is 4.79 Å². The van der Waals surface area contributed by atoms with Crippen molar-refractivity contribution < 1.29 is 9.53 Å². The summed E-state index contributed by atoms with van der Waals surface area (Å²) in [6, 6.07) is 11.7. The molecule has 0 radical (unpaired) electrons. The van der Waals surface area contributed by atoms with E-state index in [-0.39, 0.29) is 5.91 Å². The predicted molar refractivity (Wildman–Crippen MR) is 109 cm³/mol. The fourth-order valence-electron chi connectivity index (χ4n) is 3.15. The Balaban J connectivity index is 1.51. The number of aromatic nitrogens is 1. The first kappa shape index (κ1) is 19.0. The maximum atomic E-state index is 12.1. The van der Waals surface area contributed by atoms with E-state index < -0.39 is 0 Å². The van der Waals surface area contributed by atoms with E-state index in [0.717, 1.165) is 35.8 Å². The van der Waals surface area contributed by atoms with Gasteiger partial charge in [0.15, 0.2) is 0 Å². The number of rotatable bonds is 7. The number of hydrogen-bond donors (Lipinski definition) is 1. The van der Waals surface area contributed by atoms with Crippen LogP contribution in [0.1, 0.15) is 37.3 Å². The quantitative estimate of drug-likeness (QED) is 0.758. The van der Waals surface area contributed by atoms with Crippen molar-refractivity contribution >= 4 is 17.8 Å². The number of carbonyl (C=O) groups excluding carboxylic acids is 1. The number of anilines is 1. The minimum absolute atomic E-state index is 0.138. The van der Waals surface area contributed by atoms with Crippen molar-refractivity contribution in [2.24, 2.45) is 0 Å². The van der Waals surface area contributed by atoms with E-state index in [4.69, 9.17) is 4.74 Å². The van der Waals surface area contributed by atoms with Crippen molar-refractivity contribution in [3.05, 3.63) is 59.8 Å². The minimum atomic E-state index is -0.138. The summed E-state index contributed by atoms with van der Waals surface area (Å²) in [6.45, 7) is 5.16. The van der Waals surface area contributed by atoms with E-state index >= 15 is 0 Å². The zero-order valence-corrected chi connectivity index (χ0v) is 15.9. The molecule has 1 aliphatic rings. The summed E-state index contributed by atoms with van der Waals surface area (Å²) in [5, 5.41) is 2.90. The maximum Gasteiger partial charge on any atom is 0.244 e. The summed E-state index contributed by atoms with van der Waals surface area (Å²) < 4.78 is 5.56. The summed E-state index contributed by atoms with van der Waals surface area (Å²) in [5.41, 5.74) is 1.88. The van der Waals surface area contributed by atoms with E-state index in [0.29, 0.717) is 13.2 Å². The summed E-state index contributed by atoms with van der Waals surface area (Å²) >= 11 is 0. The lowest BCUT2D eigenvalue weighted by atomic mass is 10.1. The van der Waals surface area contributed by atoms with Gasteiger partial charge in [0, 0.05) is 37.5 Å². The van der Waals surface area contributed by atoms with Crippen LogP contribution in [0.4, 0.5) is 5.82 Å².